The summed E-state index contributed by atoms with van der Waals surface area (Å²) in [5.41, 5.74) is 0.0190. The molecular weight excluding hydrogens is 204 g/mol. The maximum atomic E-state index is 4.36. The highest BCUT2D eigenvalue weighted by Gasteiger charge is 2.21. The maximum Gasteiger partial charge on any atom is 0.112 e. The summed E-state index contributed by atoms with van der Waals surface area (Å²) >= 11 is 1.72. The van der Waals surface area contributed by atoms with Gasteiger partial charge in [-0.2, -0.15) is 0 Å². The molecule has 0 spiro atoms. The molecule has 1 rings (SSSR count). The van der Waals surface area contributed by atoms with Gasteiger partial charge in [-0.05, 0) is 39.2 Å². The Morgan fingerprint density at radius 3 is 2.73 bits per heavy atom. The summed E-state index contributed by atoms with van der Waals surface area (Å²) in [5.74, 6) is 0.801. The zero-order valence-corrected chi connectivity index (χ0v) is 11.0. The predicted octanol–water partition coefficient (Wildman–Crippen LogP) is 3.40. The van der Waals surface area contributed by atoms with E-state index in [-0.39, 0.29) is 5.54 Å². The first-order chi connectivity index (χ1) is 7.02. The van der Waals surface area contributed by atoms with Gasteiger partial charge in [0, 0.05) is 11.6 Å². The van der Waals surface area contributed by atoms with Crippen molar-refractivity contribution >= 4 is 11.3 Å². The Morgan fingerprint density at radius 1 is 1.47 bits per heavy atom. The van der Waals surface area contributed by atoms with E-state index in [4.69, 9.17) is 0 Å². The van der Waals surface area contributed by atoms with Crippen LogP contribution in [0.25, 0.3) is 0 Å². The van der Waals surface area contributed by atoms with Crippen molar-refractivity contribution in [2.45, 2.75) is 46.1 Å². The largest absolute Gasteiger partial charge is 0.306 e. The zero-order valence-electron chi connectivity index (χ0n) is 10.2. The maximum absolute atomic E-state index is 4.36. The van der Waals surface area contributed by atoms with Gasteiger partial charge in [0.1, 0.15) is 5.01 Å². The van der Waals surface area contributed by atoms with E-state index in [1.54, 1.807) is 11.3 Å². The van der Waals surface area contributed by atoms with Gasteiger partial charge in [-0.1, -0.05) is 13.8 Å². The van der Waals surface area contributed by atoms with Crippen molar-refractivity contribution in [3.63, 3.8) is 0 Å². The summed E-state index contributed by atoms with van der Waals surface area (Å²) in [5, 5.41) is 6.77. The van der Waals surface area contributed by atoms with Crippen molar-refractivity contribution in [3.05, 3.63) is 16.6 Å². The Hall–Kier alpha value is -0.410. The SMILES string of the molecule is CC(C)CCCNC(C)(C)c1nccs1. The van der Waals surface area contributed by atoms with Crippen LogP contribution in [0.3, 0.4) is 0 Å². The van der Waals surface area contributed by atoms with Gasteiger partial charge in [-0.15, -0.1) is 11.3 Å². The fraction of sp³-hybridized carbons (Fsp3) is 0.750. The van der Waals surface area contributed by atoms with Gasteiger partial charge in [0.05, 0.1) is 5.54 Å². The third-order valence-electron chi connectivity index (χ3n) is 2.49. The molecule has 1 heterocycles. The fourth-order valence-electron chi connectivity index (χ4n) is 1.52. The van der Waals surface area contributed by atoms with Crippen molar-refractivity contribution < 1.29 is 0 Å². The Balaban J connectivity index is 2.31. The Kier molecular flexibility index (Phi) is 4.74. The molecule has 1 aromatic rings. The van der Waals surface area contributed by atoms with Crippen LogP contribution >= 0.6 is 11.3 Å². The first-order valence-corrected chi connectivity index (χ1v) is 6.55. The number of hydrogen-bond acceptors (Lipinski definition) is 3. The van der Waals surface area contributed by atoms with Gasteiger partial charge in [0.15, 0.2) is 0 Å². The van der Waals surface area contributed by atoms with E-state index < -0.39 is 0 Å². The number of aromatic nitrogens is 1. The first kappa shape index (κ1) is 12.7. The van der Waals surface area contributed by atoms with Crippen LogP contribution in [-0.4, -0.2) is 11.5 Å². The number of thiazole rings is 1. The summed E-state index contributed by atoms with van der Waals surface area (Å²) in [6, 6.07) is 0. The Labute approximate surface area is 97.1 Å². The monoisotopic (exact) mass is 226 g/mol. The van der Waals surface area contributed by atoms with Gasteiger partial charge in [0.2, 0.25) is 0 Å². The van der Waals surface area contributed by atoms with Crippen molar-refractivity contribution in [3.8, 4) is 0 Å². The molecule has 0 aliphatic heterocycles. The fourth-order valence-corrected chi connectivity index (χ4v) is 2.26. The molecular formula is C12H22N2S. The second-order valence-corrected chi connectivity index (χ2v) is 5.82. The van der Waals surface area contributed by atoms with E-state index in [0.717, 1.165) is 12.5 Å². The average molecular weight is 226 g/mol. The van der Waals surface area contributed by atoms with Gasteiger partial charge >= 0.3 is 0 Å². The third-order valence-corrected chi connectivity index (χ3v) is 3.59. The molecule has 0 unspecified atom stereocenters. The molecule has 0 saturated heterocycles. The summed E-state index contributed by atoms with van der Waals surface area (Å²) in [4.78, 5) is 4.36. The van der Waals surface area contributed by atoms with E-state index >= 15 is 0 Å². The minimum absolute atomic E-state index is 0.0190. The van der Waals surface area contributed by atoms with Crippen molar-refractivity contribution in [1.29, 1.82) is 0 Å². The number of nitrogens with zero attached hydrogens (tertiary/aromatic N) is 1. The summed E-state index contributed by atoms with van der Waals surface area (Å²) < 4.78 is 0. The molecule has 2 nitrogen and oxygen atoms in total. The molecule has 86 valence electrons. The topological polar surface area (TPSA) is 24.9 Å². The van der Waals surface area contributed by atoms with Crippen molar-refractivity contribution in [2.75, 3.05) is 6.54 Å². The van der Waals surface area contributed by atoms with E-state index in [2.05, 4.69) is 38.0 Å². The highest BCUT2D eigenvalue weighted by Crippen LogP contribution is 2.21. The second kappa shape index (κ2) is 5.61. The van der Waals surface area contributed by atoms with Crippen LogP contribution in [0.1, 0.15) is 45.5 Å². The van der Waals surface area contributed by atoms with Crippen LogP contribution in [0, 0.1) is 5.92 Å². The van der Waals surface area contributed by atoms with Gasteiger partial charge in [-0.25, -0.2) is 4.98 Å². The molecule has 15 heavy (non-hydrogen) atoms. The number of rotatable bonds is 6. The third kappa shape index (κ3) is 4.31. The normalized spacial score (nSPS) is 12.3. The number of hydrogen-bond donors (Lipinski definition) is 1. The smallest absolute Gasteiger partial charge is 0.112 e. The van der Waals surface area contributed by atoms with Gasteiger partial charge < -0.3 is 5.32 Å². The first-order valence-electron chi connectivity index (χ1n) is 5.67. The Bertz CT molecular complexity index is 265. The molecule has 0 atom stereocenters. The van der Waals surface area contributed by atoms with Crippen LogP contribution in [0.4, 0.5) is 0 Å². The van der Waals surface area contributed by atoms with E-state index in [1.807, 2.05) is 11.6 Å². The van der Waals surface area contributed by atoms with Crippen molar-refractivity contribution in [2.24, 2.45) is 5.92 Å². The quantitative estimate of drug-likeness (QED) is 0.752. The molecule has 3 heteroatoms. The molecule has 0 aliphatic rings. The minimum Gasteiger partial charge on any atom is -0.306 e. The molecule has 1 aromatic heterocycles. The lowest BCUT2D eigenvalue weighted by Crippen LogP contribution is -2.37. The van der Waals surface area contributed by atoms with E-state index in [9.17, 15) is 0 Å². The van der Waals surface area contributed by atoms with Crippen molar-refractivity contribution in [1.82, 2.24) is 10.3 Å². The highest BCUT2D eigenvalue weighted by molar-refractivity contribution is 7.09. The lowest BCUT2D eigenvalue weighted by Gasteiger charge is -2.24. The zero-order chi connectivity index (χ0) is 11.3. The molecule has 0 aromatic carbocycles. The lowest BCUT2D eigenvalue weighted by molar-refractivity contribution is 0.386. The molecule has 0 amide bonds. The molecule has 0 fully saturated rings. The van der Waals surface area contributed by atoms with Crippen LogP contribution < -0.4 is 5.32 Å². The van der Waals surface area contributed by atoms with Crippen LogP contribution in [0.2, 0.25) is 0 Å². The molecule has 0 bridgehead atoms. The Morgan fingerprint density at radius 2 is 2.20 bits per heavy atom. The minimum atomic E-state index is 0.0190. The molecule has 0 aliphatic carbocycles. The predicted molar refractivity (Wildman–Crippen MR) is 67.2 cm³/mol. The van der Waals surface area contributed by atoms with E-state index in [0.29, 0.717) is 0 Å². The second-order valence-electron chi connectivity index (χ2n) is 4.93. The highest BCUT2D eigenvalue weighted by atomic mass is 32.1. The van der Waals surface area contributed by atoms with Crippen LogP contribution in [0.15, 0.2) is 11.6 Å². The summed E-state index contributed by atoms with van der Waals surface area (Å²) in [6.45, 7) is 10.0. The number of nitrogens with one attached hydrogen (secondary N) is 1. The average Bonchev–Trinajstić information content (AvgIpc) is 2.65. The summed E-state index contributed by atoms with van der Waals surface area (Å²) in [6.07, 6.45) is 4.41. The van der Waals surface area contributed by atoms with Crippen LogP contribution in [0.5, 0.6) is 0 Å². The summed E-state index contributed by atoms with van der Waals surface area (Å²) in [7, 11) is 0. The lowest BCUT2D eigenvalue weighted by atomic mass is 10.0. The van der Waals surface area contributed by atoms with Gasteiger partial charge in [0.25, 0.3) is 0 Å². The van der Waals surface area contributed by atoms with Crippen LogP contribution in [-0.2, 0) is 5.54 Å². The molecule has 0 radical (unpaired) electrons. The van der Waals surface area contributed by atoms with E-state index in [1.165, 1.54) is 17.8 Å². The molecule has 0 saturated carbocycles. The molecule has 1 N–H and O–H groups in total. The van der Waals surface area contributed by atoms with Gasteiger partial charge in [-0.3, -0.25) is 0 Å². The standard InChI is InChI=1S/C12H22N2S/c1-10(2)6-5-7-14-12(3,4)11-13-8-9-15-11/h8-10,14H,5-7H2,1-4H3.